The van der Waals surface area contributed by atoms with Gasteiger partial charge in [0.15, 0.2) is 0 Å². The average molecular weight is 239 g/mol. The average Bonchev–Trinajstić information content (AvgIpc) is 2.40. The van der Waals surface area contributed by atoms with Crippen LogP contribution in [0, 0.1) is 6.92 Å². The van der Waals surface area contributed by atoms with Crippen LogP contribution in [0.1, 0.15) is 22.8 Å². The normalized spacial score (nSPS) is 10.1. The van der Waals surface area contributed by atoms with Gasteiger partial charge in [-0.2, -0.15) is 0 Å². The Morgan fingerprint density at radius 2 is 1.72 bits per heavy atom. The molecule has 0 heterocycles. The predicted octanol–water partition coefficient (Wildman–Crippen LogP) is 3.41. The van der Waals surface area contributed by atoms with E-state index in [2.05, 4.69) is 24.4 Å². The summed E-state index contributed by atoms with van der Waals surface area (Å²) in [6.45, 7) is 4.62. The molecule has 18 heavy (non-hydrogen) atoms. The lowest BCUT2D eigenvalue weighted by Crippen LogP contribution is -2.23. The molecular formula is C16H17NO. The zero-order valence-corrected chi connectivity index (χ0v) is 10.7. The summed E-state index contributed by atoms with van der Waals surface area (Å²) in [5.74, 6) is -0.0197. The Morgan fingerprint density at radius 1 is 1.06 bits per heavy atom. The van der Waals surface area contributed by atoms with E-state index >= 15 is 0 Å². The SMILES string of the molecule is CCNC(=O)c1ccccc1-c1ccc(C)cc1. The molecule has 1 N–H and O–H groups in total. The fourth-order valence-corrected chi connectivity index (χ4v) is 1.92. The maximum atomic E-state index is 12.0. The van der Waals surface area contributed by atoms with Gasteiger partial charge in [0.25, 0.3) is 5.91 Å². The second-order valence-electron chi connectivity index (χ2n) is 4.27. The summed E-state index contributed by atoms with van der Waals surface area (Å²) in [5.41, 5.74) is 3.99. The first-order valence-electron chi connectivity index (χ1n) is 6.16. The fraction of sp³-hybridized carbons (Fsp3) is 0.188. The number of rotatable bonds is 3. The lowest BCUT2D eigenvalue weighted by molar-refractivity contribution is 0.0956. The number of amides is 1. The number of carbonyl (C=O) groups is 1. The Hall–Kier alpha value is -2.09. The molecule has 0 bridgehead atoms. The van der Waals surface area contributed by atoms with E-state index in [1.165, 1.54) is 5.56 Å². The van der Waals surface area contributed by atoms with Crippen molar-refractivity contribution in [3.05, 3.63) is 59.7 Å². The van der Waals surface area contributed by atoms with Crippen molar-refractivity contribution >= 4 is 5.91 Å². The van der Waals surface area contributed by atoms with Gasteiger partial charge in [-0.25, -0.2) is 0 Å². The fourth-order valence-electron chi connectivity index (χ4n) is 1.92. The van der Waals surface area contributed by atoms with Crippen LogP contribution in [-0.4, -0.2) is 12.5 Å². The zero-order valence-electron chi connectivity index (χ0n) is 10.7. The van der Waals surface area contributed by atoms with Crippen molar-refractivity contribution in [3.8, 4) is 11.1 Å². The van der Waals surface area contributed by atoms with Crippen molar-refractivity contribution in [1.29, 1.82) is 0 Å². The van der Waals surface area contributed by atoms with Crippen molar-refractivity contribution in [2.75, 3.05) is 6.54 Å². The van der Waals surface area contributed by atoms with Crippen LogP contribution < -0.4 is 5.32 Å². The molecule has 0 saturated carbocycles. The monoisotopic (exact) mass is 239 g/mol. The number of aryl methyl sites for hydroxylation is 1. The van der Waals surface area contributed by atoms with Gasteiger partial charge in [-0.3, -0.25) is 4.79 Å². The molecule has 1 amide bonds. The highest BCUT2D eigenvalue weighted by Gasteiger charge is 2.10. The second-order valence-corrected chi connectivity index (χ2v) is 4.27. The smallest absolute Gasteiger partial charge is 0.251 e. The summed E-state index contributed by atoms with van der Waals surface area (Å²) in [7, 11) is 0. The van der Waals surface area contributed by atoms with E-state index in [0.717, 1.165) is 16.7 Å². The first kappa shape index (κ1) is 12.4. The van der Waals surface area contributed by atoms with Crippen LogP contribution in [0.5, 0.6) is 0 Å². The van der Waals surface area contributed by atoms with Gasteiger partial charge in [0.1, 0.15) is 0 Å². The molecule has 2 aromatic rings. The van der Waals surface area contributed by atoms with E-state index in [4.69, 9.17) is 0 Å². The number of hydrogen-bond donors (Lipinski definition) is 1. The third-order valence-corrected chi connectivity index (χ3v) is 2.87. The third-order valence-electron chi connectivity index (χ3n) is 2.87. The van der Waals surface area contributed by atoms with E-state index in [0.29, 0.717) is 6.54 Å². The molecule has 0 aromatic heterocycles. The van der Waals surface area contributed by atoms with E-state index in [1.807, 2.05) is 43.3 Å². The van der Waals surface area contributed by atoms with Crippen molar-refractivity contribution in [3.63, 3.8) is 0 Å². The standard InChI is InChI=1S/C16H17NO/c1-3-17-16(18)15-7-5-4-6-14(15)13-10-8-12(2)9-11-13/h4-11H,3H2,1-2H3,(H,17,18). The molecule has 0 radical (unpaired) electrons. The lowest BCUT2D eigenvalue weighted by atomic mass is 9.98. The molecule has 0 atom stereocenters. The highest BCUT2D eigenvalue weighted by atomic mass is 16.1. The van der Waals surface area contributed by atoms with E-state index in [9.17, 15) is 4.79 Å². The summed E-state index contributed by atoms with van der Waals surface area (Å²) in [4.78, 5) is 12.0. The van der Waals surface area contributed by atoms with Gasteiger partial charge in [-0.15, -0.1) is 0 Å². The third kappa shape index (κ3) is 2.59. The molecule has 2 heteroatoms. The first-order chi connectivity index (χ1) is 8.72. The van der Waals surface area contributed by atoms with Crippen LogP contribution in [0.3, 0.4) is 0 Å². The molecule has 2 aromatic carbocycles. The van der Waals surface area contributed by atoms with Crippen molar-refractivity contribution < 1.29 is 4.79 Å². The Morgan fingerprint density at radius 3 is 2.39 bits per heavy atom. The highest BCUT2D eigenvalue weighted by Crippen LogP contribution is 2.23. The molecule has 0 unspecified atom stereocenters. The molecule has 0 spiro atoms. The maximum absolute atomic E-state index is 12.0. The molecule has 0 fully saturated rings. The topological polar surface area (TPSA) is 29.1 Å². The van der Waals surface area contributed by atoms with E-state index in [1.54, 1.807) is 0 Å². The Kier molecular flexibility index (Phi) is 3.78. The van der Waals surface area contributed by atoms with Gasteiger partial charge >= 0.3 is 0 Å². The molecule has 92 valence electrons. The molecule has 2 nitrogen and oxygen atoms in total. The van der Waals surface area contributed by atoms with Crippen molar-refractivity contribution in [2.24, 2.45) is 0 Å². The first-order valence-corrected chi connectivity index (χ1v) is 6.16. The van der Waals surface area contributed by atoms with Crippen LogP contribution in [0.4, 0.5) is 0 Å². The van der Waals surface area contributed by atoms with Gasteiger partial charge in [0.05, 0.1) is 0 Å². The minimum absolute atomic E-state index is 0.0197. The van der Waals surface area contributed by atoms with Gasteiger partial charge < -0.3 is 5.32 Å². The molecule has 0 aliphatic heterocycles. The number of hydrogen-bond acceptors (Lipinski definition) is 1. The lowest BCUT2D eigenvalue weighted by Gasteiger charge is -2.09. The van der Waals surface area contributed by atoms with Crippen LogP contribution in [0.2, 0.25) is 0 Å². The van der Waals surface area contributed by atoms with Crippen molar-refractivity contribution in [1.82, 2.24) is 5.32 Å². The van der Waals surface area contributed by atoms with Crippen LogP contribution in [0.25, 0.3) is 11.1 Å². The van der Waals surface area contributed by atoms with Gasteiger partial charge in [-0.05, 0) is 31.0 Å². The van der Waals surface area contributed by atoms with Crippen LogP contribution >= 0.6 is 0 Å². The van der Waals surface area contributed by atoms with Gasteiger partial charge in [0.2, 0.25) is 0 Å². The summed E-state index contributed by atoms with van der Waals surface area (Å²) < 4.78 is 0. The quantitative estimate of drug-likeness (QED) is 0.873. The summed E-state index contributed by atoms with van der Waals surface area (Å²) in [6, 6.07) is 15.9. The van der Waals surface area contributed by atoms with E-state index in [-0.39, 0.29) is 5.91 Å². The van der Waals surface area contributed by atoms with Gasteiger partial charge in [0, 0.05) is 12.1 Å². The predicted molar refractivity (Wildman–Crippen MR) is 74.6 cm³/mol. The summed E-state index contributed by atoms with van der Waals surface area (Å²) in [6.07, 6.45) is 0. The molecule has 0 aliphatic rings. The molecule has 2 rings (SSSR count). The molecule has 0 saturated heterocycles. The summed E-state index contributed by atoms with van der Waals surface area (Å²) >= 11 is 0. The highest BCUT2D eigenvalue weighted by molar-refractivity contribution is 6.00. The zero-order chi connectivity index (χ0) is 13.0. The minimum atomic E-state index is -0.0197. The van der Waals surface area contributed by atoms with Crippen LogP contribution in [0.15, 0.2) is 48.5 Å². The number of carbonyl (C=O) groups excluding carboxylic acids is 1. The Bertz CT molecular complexity index is 543. The maximum Gasteiger partial charge on any atom is 0.251 e. The van der Waals surface area contributed by atoms with Crippen molar-refractivity contribution in [2.45, 2.75) is 13.8 Å². The number of nitrogens with one attached hydrogen (secondary N) is 1. The largest absolute Gasteiger partial charge is 0.352 e. The van der Waals surface area contributed by atoms with Crippen LogP contribution in [-0.2, 0) is 0 Å². The number of benzene rings is 2. The van der Waals surface area contributed by atoms with E-state index < -0.39 is 0 Å². The Balaban J connectivity index is 2.44. The summed E-state index contributed by atoms with van der Waals surface area (Å²) in [5, 5.41) is 2.84. The minimum Gasteiger partial charge on any atom is -0.352 e. The molecular weight excluding hydrogens is 222 g/mol. The second kappa shape index (κ2) is 5.50. The van der Waals surface area contributed by atoms with Gasteiger partial charge in [-0.1, -0.05) is 48.0 Å². The molecule has 0 aliphatic carbocycles. The Labute approximate surface area is 108 Å².